The zero-order valence-corrected chi connectivity index (χ0v) is 18.5. The lowest BCUT2D eigenvalue weighted by molar-refractivity contribution is -0.144. The van der Waals surface area contributed by atoms with Crippen molar-refractivity contribution in [3.8, 4) is 0 Å². The third-order valence-electron chi connectivity index (χ3n) is 4.92. The number of carbonyl (C=O) groups is 2. The van der Waals surface area contributed by atoms with Crippen LogP contribution in [-0.4, -0.2) is 25.2 Å². The molecule has 0 aliphatic carbocycles. The van der Waals surface area contributed by atoms with Gasteiger partial charge in [-0.05, 0) is 50.0 Å². The first-order valence-corrected chi connectivity index (χ1v) is 11.4. The van der Waals surface area contributed by atoms with Crippen LogP contribution in [0.3, 0.4) is 0 Å². The van der Waals surface area contributed by atoms with Gasteiger partial charge in [-0.3, -0.25) is 9.59 Å². The molecule has 4 nitrogen and oxygen atoms in total. The summed E-state index contributed by atoms with van der Waals surface area (Å²) in [6, 6.07) is 10.3. The zero-order chi connectivity index (χ0) is 21.2. The molecule has 164 valence electrons. The molecule has 0 amide bonds. The van der Waals surface area contributed by atoms with Gasteiger partial charge in [0, 0.05) is 12.8 Å². The van der Waals surface area contributed by atoms with Gasteiger partial charge in [0.25, 0.3) is 0 Å². The molecule has 1 aromatic rings. The maximum Gasteiger partial charge on any atom is 0.305 e. The first kappa shape index (κ1) is 25.2. The number of hydrogen-bond acceptors (Lipinski definition) is 4. The van der Waals surface area contributed by atoms with Gasteiger partial charge < -0.3 is 9.47 Å². The van der Waals surface area contributed by atoms with Crippen LogP contribution in [0, 0.1) is 5.92 Å². The molecule has 0 saturated carbocycles. The smallest absolute Gasteiger partial charge is 0.305 e. The van der Waals surface area contributed by atoms with Gasteiger partial charge in [0.2, 0.25) is 0 Å². The molecule has 1 aromatic carbocycles. The van der Waals surface area contributed by atoms with Crippen molar-refractivity contribution < 1.29 is 19.1 Å². The minimum absolute atomic E-state index is 0.0660. The van der Waals surface area contributed by atoms with Gasteiger partial charge in [0.15, 0.2) is 0 Å². The fourth-order valence-electron chi connectivity index (χ4n) is 3.17. The summed E-state index contributed by atoms with van der Waals surface area (Å²) in [5.41, 5.74) is 1.28. The Kier molecular flexibility index (Phi) is 14.8. The van der Waals surface area contributed by atoms with Crippen LogP contribution in [-0.2, 0) is 25.5 Å². The standard InChI is InChI=1S/C25H40O4/c1-22(2)14-12-20-28-24(26)18-10-5-3-4-6-11-19-25(27)29-21-13-17-23-15-8-7-9-16-23/h7-9,15-16,22H,3-6,10-14,17-21H2,1-2H3. The number of unbranched alkanes of at least 4 members (excludes halogenated alkanes) is 5. The van der Waals surface area contributed by atoms with Crippen LogP contribution in [0.2, 0.25) is 0 Å². The zero-order valence-electron chi connectivity index (χ0n) is 18.5. The van der Waals surface area contributed by atoms with Crippen LogP contribution in [0.25, 0.3) is 0 Å². The van der Waals surface area contributed by atoms with Gasteiger partial charge in [-0.15, -0.1) is 0 Å². The van der Waals surface area contributed by atoms with Gasteiger partial charge in [-0.2, -0.15) is 0 Å². The number of aryl methyl sites for hydroxylation is 1. The summed E-state index contributed by atoms with van der Waals surface area (Å²) >= 11 is 0. The maximum atomic E-state index is 11.7. The normalized spacial score (nSPS) is 10.9. The number of hydrogen-bond donors (Lipinski definition) is 0. The lowest BCUT2D eigenvalue weighted by Crippen LogP contribution is -2.06. The minimum atomic E-state index is -0.0849. The fraction of sp³-hybridized carbons (Fsp3) is 0.680. The van der Waals surface area contributed by atoms with Crippen LogP contribution in [0.5, 0.6) is 0 Å². The number of esters is 2. The highest BCUT2D eigenvalue weighted by molar-refractivity contribution is 5.69. The van der Waals surface area contributed by atoms with Crippen molar-refractivity contribution in [1.29, 1.82) is 0 Å². The molecule has 0 fully saturated rings. The van der Waals surface area contributed by atoms with E-state index in [0.29, 0.717) is 32.0 Å². The highest BCUT2D eigenvalue weighted by atomic mass is 16.5. The van der Waals surface area contributed by atoms with Crippen molar-refractivity contribution >= 4 is 11.9 Å². The summed E-state index contributed by atoms with van der Waals surface area (Å²) in [5.74, 6) is 0.511. The second-order valence-corrected chi connectivity index (χ2v) is 8.19. The first-order chi connectivity index (χ1) is 14.1. The highest BCUT2D eigenvalue weighted by Gasteiger charge is 2.04. The van der Waals surface area contributed by atoms with Gasteiger partial charge in [0.1, 0.15) is 0 Å². The Morgan fingerprint density at radius 3 is 1.79 bits per heavy atom. The second-order valence-electron chi connectivity index (χ2n) is 8.19. The van der Waals surface area contributed by atoms with Gasteiger partial charge in [0.05, 0.1) is 13.2 Å². The number of ether oxygens (including phenoxy) is 2. The molecule has 0 unspecified atom stereocenters. The summed E-state index contributed by atoms with van der Waals surface area (Å²) in [5, 5.41) is 0. The van der Waals surface area contributed by atoms with Crippen molar-refractivity contribution in [1.82, 2.24) is 0 Å². The van der Waals surface area contributed by atoms with Crippen LogP contribution in [0.4, 0.5) is 0 Å². The van der Waals surface area contributed by atoms with E-state index in [1.807, 2.05) is 18.2 Å². The van der Waals surface area contributed by atoms with E-state index in [1.165, 1.54) is 5.56 Å². The van der Waals surface area contributed by atoms with E-state index < -0.39 is 0 Å². The average molecular weight is 405 g/mol. The average Bonchev–Trinajstić information content (AvgIpc) is 2.71. The summed E-state index contributed by atoms with van der Waals surface area (Å²) in [6.07, 6.45) is 11.0. The first-order valence-electron chi connectivity index (χ1n) is 11.4. The van der Waals surface area contributed by atoms with Crippen molar-refractivity contribution in [3.63, 3.8) is 0 Å². The van der Waals surface area contributed by atoms with E-state index in [1.54, 1.807) is 0 Å². The molecule has 1 rings (SSSR count). The highest BCUT2D eigenvalue weighted by Crippen LogP contribution is 2.10. The Morgan fingerprint density at radius 2 is 1.24 bits per heavy atom. The van der Waals surface area contributed by atoms with Crippen molar-refractivity contribution in [2.45, 2.75) is 90.9 Å². The third-order valence-corrected chi connectivity index (χ3v) is 4.92. The number of carbonyl (C=O) groups excluding carboxylic acids is 2. The number of rotatable bonds is 17. The second kappa shape index (κ2) is 17.1. The van der Waals surface area contributed by atoms with Crippen molar-refractivity contribution in [2.75, 3.05) is 13.2 Å². The van der Waals surface area contributed by atoms with E-state index in [0.717, 1.165) is 64.2 Å². The van der Waals surface area contributed by atoms with Gasteiger partial charge in [-0.25, -0.2) is 0 Å². The lowest BCUT2D eigenvalue weighted by atomic mass is 10.1. The molecule has 0 aliphatic rings. The molecule has 0 saturated heterocycles. The molecule has 29 heavy (non-hydrogen) atoms. The molecule has 0 spiro atoms. The van der Waals surface area contributed by atoms with E-state index >= 15 is 0 Å². The van der Waals surface area contributed by atoms with Crippen LogP contribution >= 0.6 is 0 Å². The van der Waals surface area contributed by atoms with Crippen molar-refractivity contribution in [2.24, 2.45) is 5.92 Å². The molecule has 0 bridgehead atoms. The van der Waals surface area contributed by atoms with Crippen LogP contribution in [0.15, 0.2) is 30.3 Å². The number of benzene rings is 1. The van der Waals surface area contributed by atoms with E-state index in [-0.39, 0.29) is 11.9 Å². The summed E-state index contributed by atoms with van der Waals surface area (Å²) in [7, 11) is 0. The Labute approximate surface area is 177 Å². The molecule has 0 atom stereocenters. The quantitative estimate of drug-likeness (QED) is 0.227. The Bertz CT molecular complexity index is 539. The van der Waals surface area contributed by atoms with Crippen LogP contribution in [0.1, 0.15) is 90.0 Å². The topological polar surface area (TPSA) is 52.6 Å². The minimum Gasteiger partial charge on any atom is -0.466 e. The van der Waals surface area contributed by atoms with E-state index in [9.17, 15) is 9.59 Å². The molecular weight excluding hydrogens is 364 g/mol. The third kappa shape index (κ3) is 15.7. The van der Waals surface area contributed by atoms with E-state index in [2.05, 4.69) is 26.0 Å². The summed E-state index contributed by atoms with van der Waals surface area (Å²) in [4.78, 5) is 23.3. The van der Waals surface area contributed by atoms with Crippen LogP contribution < -0.4 is 0 Å². The molecule has 0 radical (unpaired) electrons. The largest absolute Gasteiger partial charge is 0.466 e. The Balaban J connectivity index is 1.84. The Hall–Kier alpha value is -1.84. The molecular formula is C25H40O4. The monoisotopic (exact) mass is 404 g/mol. The molecule has 0 aliphatic heterocycles. The predicted molar refractivity (Wildman–Crippen MR) is 118 cm³/mol. The molecule has 0 N–H and O–H groups in total. The lowest BCUT2D eigenvalue weighted by Gasteiger charge is -2.07. The predicted octanol–water partition coefficient (Wildman–Crippen LogP) is 6.26. The fourth-order valence-corrected chi connectivity index (χ4v) is 3.17. The van der Waals surface area contributed by atoms with E-state index in [4.69, 9.17) is 9.47 Å². The van der Waals surface area contributed by atoms with Gasteiger partial charge >= 0.3 is 11.9 Å². The van der Waals surface area contributed by atoms with Gasteiger partial charge in [-0.1, -0.05) is 69.9 Å². The molecule has 0 heterocycles. The SMILES string of the molecule is CC(C)CCCOC(=O)CCCCCCCCC(=O)OCCCc1ccccc1. The summed E-state index contributed by atoms with van der Waals surface area (Å²) < 4.78 is 10.5. The summed E-state index contributed by atoms with van der Waals surface area (Å²) in [6.45, 7) is 5.41. The molecule has 4 heteroatoms. The molecule has 0 aromatic heterocycles. The van der Waals surface area contributed by atoms with Crippen molar-refractivity contribution in [3.05, 3.63) is 35.9 Å². The Morgan fingerprint density at radius 1 is 0.724 bits per heavy atom. The maximum absolute atomic E-state index is 11.7.